The lowest BCUT2D eigenvalue weighted by Crippen LogP contribution is -2.56. The predicted octanol–water partition coefficient (Wildman–Crippen LogP) is 5.46. The molecule has 0 radical (unpaired) electrons. The van der Waals surface area contributed by atoms with Gasteiger partial charge >= 0.3 is 0 Å². The molecule has 0 amide bonds. The second-order valence-corrected chi connectivity index (χ2v) is 12.4. The molecular formula is C31H34BrN7O2. The normalized spacial score (nSPS) is 20.6. The lowest BCUT2D eigenvalue weighted by Gasteiger charge is -2.47. The summed E-state index contributed by atoms with van der Waals surface area (Å²) in [5.41, 5.74) is 2.69. The average Bonchev–Trinajstić information content (AvgIpc) is 2.95. The van der Waals surface area contributed by atoms with Crippen LogP contribution in [-0.4, -0.2) is 64.0 Å². The lowest BCUT2D eigenvalue weighted by molar-refractivity contribution is 0.0859. The number of carbonyl (C=O) groups excluding carboxylic acids is 1. The average molecular weight is 617 g/mol. The Hall–Kier alpha value is -3.76. The summed E-state index contributed by atoms with van der Waals surface area (Å²) in [6, 6.07) is 16.9. The van der Waals surface area contributed by atoms with Gasteiger partial charge in [-0.05, 0) is 98.7 Å². The van der Waals surface area contributed by atoms with Crippen molar-refractivity contribution >= 4 is 55.8 Å². The van der Waals surface area contributed by atoms with Crippen LogP contribution in [0, 0.1) is 0 Å². The molecule has 2 aliphatic rings. The number of rotatable bonds is 5. The van der Waals surface area contributed by atoms with Crippen LogP contribution < -0.4 is 21.1 Å². The van der Waals surface area contributed by atoms with Gasteiger partial charge in [-0.15, -0.1) is 0 Å². The Morgan fingerprint density at radius 1 is 1.02 bits per heavy atom. The first-order chi connectivity index (χ1) is 19.6. The number of ketones is 1. The van der Waals surface area contributed by atoms with Crippen molar-refractivity contribution in [2.45, 2.75) is 44.3 Å². The third kappa shape index (κ3) is 4.99. The number of Topliss-reactive ketones (excluding diaryl/α,β-unsaturated/α-hetero) is 1. The molecule has 0 spiro atoms. The largest absolute Gasteiger partial charge is 0.381 e. The molecular weight excluding hydrogens is 582 g/mol. The van der Waals surface area contributed by atoms with Crippen LogP contribution >= 0.6 is 15.9 Å². The first-order valence-corrected chi connectivity index (χ1v) is 14.7. The number of likely N-dealkylation sites (tertiary alicyclic amines) is 1. The van der Waals surface area contributed by atoms with E-state index in [9.17, 15) is 9.59 Å². The van der Waals surface area contributed by atoms with E-state index < -0.39 is 11.6 Å². The van der Waals surface area contributed by atoms with E-state index in [1.54, 1.807) is 12.3 Å². The number of pyridine rings is 1. The van der Waals surface area contributed by atoms with Crippen molar-refractivity contribution in [2.75, 3.05) is 42.7 Å². The molecule has 2 atom stereocenters. The summed E-state index contributed by atoms with van der Waals surface area (Å²) in [4.78, 5) is 41.4. The van der Waals surface area contributed by atoms with Crippen molar-refractivity contribution in [1.29, 1.82) is 0 Å². The van der Waals surface area contributed by atoms with Crippen molar-refractivity contribution in [3.8, 4) is 0 Å². The highest BCUT2D eigenvalue weighted by Crippen LogP contribution is 2.42. The molecule has 0 aliphatic carbocycles. The number of nitrogens with zero attached hydrogens (tertiary/aromatic N) is 5. The van der Waals surface area contributed by atoms with Crippen LogP contribution in [0.25, 0.3) is 11.0 Å². The maximum Gasteiger partial charge on any atom is 0.267 e. The van der Waals surface area contributed by atoms with Crippen LogP contribution in [0.2, 0.25) is 0 Å². The van der Waals surface area contributed by atoms with Gasteiger partial charge in [0.1, 0.15) is 11.7 Å². The number of nitrogens with one attached hydrogen (secondary N) is 2. The lowest BCUT2D eigenvalue weighted by atomic mass is 9.81. The number of likely N-dealkylation sites (N-methyl/N-ethyl adjacent to an activating group) is 2. The van der Waals surface area contributed by atoms with Crippen molar-refractivity contribution < 1.29 is 4.79 Å². The van der Waals surface area contributed by atoms with Crippen molar-refractivity contribution in [1.82, 2.24) is 19.4 Å². The monoisotopic (exact) mass is 615 g/mol. The van der Waals surface area contributed by atoms with Gasteiger partial charge in [-0.3, -0.25) is 14.2 Å². The number of hydrogen-bond acceptors (Lipinski definition) is 8. The first kappa shape index (κ1) is 27.4. The van der Waals surface area contributed by atoms with Crippen LogP contribution in [-0.2, 0) is 0 Å². The fourth-order valence-electron chi connectivity index (χ4n) is 6.05. The van der Waals surface area contributed by atoms with Crippen LogP contribution in [0.1, 0.15) is 43.1 Å². The van der Waals surface area contributed by atoms with Crippen molar-refractivity contribution in [3.05, 3.63) is 81.2 Å². The molecule has 4 heterocycles. The van der Waals surface area contributed by atoms with Crippen LogP contribution in [0.5, 0.6) is 0 Å². The Balaban J connectivity index is 1.35. The molecule has 2 aromatic carbocycles. The molecule has 0 saturated carbocycles. The number of benzene rings is 2. The summed E-state index contributed by atoms with van der Waals surface area (Å²) in [7, 11) is 4.11. The molecule has 0 bridgehead atoms. The van der Waals surface area contributed by atoms with Gasteiger partial charge in [-0.2, -0.15) is 4.98 Å². The second kappa shape index (κ2) is 10.6. The maximum absolute atomic E-state index is 14.0. The summed E-state index contributed by atoms with van der Waals surface area (Å²) in [5, 5.41) is 7.56. The maximum atomic E-state index is 14.0. The van der Waals surface area contributed by atoms with E-state index in [1.165, 1.54) is 11.0 Å². The van der Waals surface area contributed by atoms with E-state index in [2.05, 4.69) is 48.4 Å². The highest BCUT2D eigenvalue weighted by molar-refractivity contribution is 9.10. The molecule has 4 aromatic rings. The second-order valence-electron chi connectivity index (χ2n) is 11.6. The van der Waals surface area contributed by atoms with Gasteiger partial charge in [0.2, 0.25) is 5.95 Å². The number of carbonyl (C=O) groups is 1. The Morgan fingerprint density at radius 3 is 2.51 bits per heavy atom. The summed E-state index contributed by atoms with van der Waals surface area (Å²) >= 11 is 3.42. The molecule has 2 aromatic heterocycles. The smallest absolute Gasteiger partial charge is 0.267 e. The standard InChI is InChI=1S/C31H34BrN7O2/c1-31(2)27(26(40)23-9-5-6-10-25(23)38(31)4)39-28-19(16-24(32)29(39)41)17-33-30(36-28)35-21-13-11-20(12-14-21)34-22-8-7-15-37(3)18-22/h5-6,9-14,16-17,22,27,34H,7-8,15,18H2,1-4H3,(H,33,35,36). The summed E-state index contributed by atoms with van der Waals surface area (Å²) in [5.74, 6) is 0.225. The number of anilines is 4. The van der Waals surface area contributed by atoms with Gasteiger partial charge in [0.25, 0.3) is 5.56 Å². The minimum Gasteiger partial charge on any atom is -0.381 e. The number of aromatic nitrogens is 3. The van der Waals surface area contributed by atoms with E-state index in [-0.39, 0.29) is 11.3 Å². The number of piperidine rings is 1. The van der Waals surface area contributed by atoms with Crippen molar-refractivity contribution in [2.24, 2.45) is 0 Å². The molecule has 41 heavy (non-hydrogen) atoms. The predicted molar refractivity (Wildman–Crippen MR) is 168 cm³/mol. The fourth-order valence-corrected chi connectivity index (χ4v) is 6.49. The highest BCUT2D eigenvalue weighted by Gasteiger charge is 2.47. The van der Waals surface area contributed by atoms with Gasteiger partial charge in [-0.25, -0.2) is 4.98 Å². The van der Waals surface area contributed by atoms with Crippen LogP contribution in [0.4, 0.5) is 23.0 Å². The molecule has 1 saturated heterocycles. The molecule has 2 unspecified atom stereocenters. The Morgan fingerprint density at radius 2 is 1.76 bits per heavy atom. The van der Waals surface area contributed by atoms with Gasteiger partial charge in [0.15, 0.2) is 5.78 Å². The Kier molecular flexibility index (Phi) is 7.07. The minimum absolute atomic E-state index is 0.120. The third-order valence-corrected chi connectivity index (χ3v) is 9.00. The molecule has 2 N–H and O–H groups in total. The van der Waals surface area contributed by atoms with E-state index in [0.717, 1.165) is 36.6 Å². The number of fused-ring (bicyclic) bond motifs is 2. The summed E-state index contributed by atoms with van der Waals surface area (Å²) in [6.07, 6.45) is 4.04. The highest BCUT2D eigenvalue weighted by atomic mass is 79.9. The fraction of sp³-hybridized carbons (Fsp3) is 0.355. The number of hydrogen-bond donors (Lipinski definition) is 2. The van der Waals surface area contributed by atoms with E-state index in [4.69, 9.17) is 4.98 Å². The zero-order chi connectivity index (χ0) is 28.9. The van der Waals surface area contributed by atoms with Crippen LogP contribution in [0.15, 0.2) is 70.1 Å². The Labute approximate surface area is 247 Å². The first-order valence-electron chi connectivity index (χ1n) is 13.9. The van der Waals surface area contributed by atoms with Gasteiger partial charge < -0.3 is 20.4 Å². The zero-order valence-electron chi connectivity index (χ0n) is 23.7. The topological polar surface area (TPSA) is 95.4 Å². The van der Waals surface area contributed by atoms with Crippen LogP contribution in [0.3, 0.4) is 0 Å². The molecule has 212 valence electrons. The third-order valence-electron chi connectivity index (χ3n) is 8.44. The quantitative estimate of drug-likeness (QED) is 0.306. The Bertz CT molecular complexity index is 1680. The summed E-state index contributed by atoms with van der Waals surface area (Å²) in [6.45, 7) is 6.14. The molecule has 10 heteroatoms. The molecule has 1 fully saturated rings. The minimum atomic E-state index is -0.804. The van der Waals surface area contributed by atoms with E-state index in [1.807, 2.05) is 69.4 Å². The van der Waals surface area contributed by atoms with Gasteiger partial charge in [-0.1, -0.05) is 12.1 Å². The van der Waals surface area contributed by atoms with E-state index in [0.29, 0.717) is 33.1 Å². The zero-order valence-corrected chi connectivity index (χ0v) is 25.3. The van der Waals surface area contributed by atoms with Gasteiger partial charge in [0, 0.05) is 53.8 Å². The van der Waals surface area contributed by atoms with E-state index >= 15 is 0 Å². The summed E-state index contributed by atoms with van der Waals surface area (Å²) < 4.78 is 1.88. The van der Waals surface area contributed by atoms with Crippen molar-refractivity contribution in [3.63, 3.8) is 0 Å². The SMILES string of the molecule is CN1CCCC(Nc2ccc(Nc3ncc4cc(Br)c(=O)n(C5C(=O)c6ccccc6N(C)C5(C)C)c4n3)cc2)C1. The van der Waals surface area contributed by atoms with Gasteiger partial charge in [0.05, 0.1) is 10.0 Å². The number of halogens is 1. The molecule has 9 nitrogen and oxygen atoms in total. The molecule has 6 rings (SSSR count). The number of para-hydroxylation sites is 1. The molecule has 2 aliphatic heterocycles.